The van der Waals surface area contributed by atoms with E-state index in [-0.39, 0.29) is 11.1 Å². The van der Waals surface area contributed by atoms with Crippen LogP contribution < -0.4 is 15.0 Å². The molecule has 0 bridgehead atoms. The van der Waals surface area contributed by atoms with E-state index in [0.29, 0.717) is 6.61 Å². The molecule has 1 atom stereocenters. The molecule has 0 aliphatic carbocycles. The van der Waals surface area contributed by atoms with Gasteiger partial charge in [0.2, 0.25) is 0 Å². The molecule has 1 N–H and O–H groups in total. The lowest BCUT2D eigenvalue weighted by molar-refractivity contribution is 0.167. The fourth-order valence-electron chi connectivity index (χ4n) is 5.46. The summed E-state index contributed by atoms with van der Waals surface area (Å²) in [5.74, 6) is 0.963. The molecule has 6 rings (SSSR count). The Morgan fingerprint density at radius 1 is 0.793 bits per heavy atom. The molecule has 0 saturated heterocycles. The number of fused-ring (bicyclic) bond motifs is 7. The zero-order chi connectivity index (χ0) is 19.8. The molecule has 4 aromatic carbocycles. The maximum atomic E-state index is 6.62. The molecule has 2 heterocycles. The second kappa shape index (κ2) is 5.44. The zero-order valence-electron chi connectivity index (χ0n) is 17.0. The van der Waals surface area contributed by atoms with Crippen molar-refractivity contribution < 1.29 is 4.74 Å². The number of benzene rings is 4. The summed E-state index contributed by atoms with van der Waals surface area (Å²) in [6, 6.07) is 25.9. The quantitative estimate of drug-likeness (QED) is 0.383. The van der Waals surface area contributed by atoms with Gasteiger partial charge in [-0.2, -0.15) is 0 Å². The van der Waals surface area contributed by atoms with Gasteiger partial charge in [-0.25, -0.2) is 0 Å². The van der Waals surface area contributed by atoms with Crippen LogP contribution in [0, 0.1) is 0 Å². The highest BCUT2D eigenvalue weighted by Gasteiger charge is 2.58. The summed E-state index contributed by atoms with van der Waals surface area (Å²) in [7, 11) is 2.18. The largest absolute Gasteiger partial charge is 0.486 e. The number of rotatable bonds is 0. The molecule has 0 fully saturated rings. The Morgan fingerprint density at radius 2 is 1.38 bits per heavy atom. The Labute approximate surface area is 170 Å². The first-order chi connectivity index (χ1) is 14.0. The van der Waals surface area contributed by atoms with E-state index in [1.165, 1.54) is 32.8 Å². The average Bonchev–Trinajstić information content (AvgIpc) is 2.93. The van der Waals surface area contributed by atoms with Crippen LogP contribution in [-0.4, -0.2) is 19.3 Å². The summed E-state index contributed by atoms with van der Waals surface area (Å²) in [5.41, 5.74) is 3.24. The van der Waals surface area contributed by atoms with Crippen molar-refractivity contribution in [3.63, 3.8) is 0 Å². The highest BCUT2D eigenvalue weighted by Crippen LogP contribution is 2.55. The number of anilines is 2. The molecule has 2 aliphatic heterocycles. The Morgan fingerprint density at radius 3 is 2.10 bits per heavy atom. The number of para-hydroxylation sites is 1. The van der Waals surface area contributed by atoms with Crippen LogP contribution in [0.3, 0.4) is 0 Å². The minimum absolute atomic E-state index is 0.122. The van der Waals surface area contributed by atoms with E-state index in [9.17, 15) is 0 Å². The van der Waals surface area contributed by atoms with Crippen LogP contribution in [-0.2, 0) is 5.41 Å². The molecule has 29 heavy (non-hydrogen) atoms. The first kappa shape index (κ1) is 16.7. The highest BCUT2D eigenvalue weighted by molar-refractivity contribution is 6.17. The fraction of sp³-hybridized carbons (Fsp3) is 0.231. The van der Waals surface area contributed by atoms with Crippen LogP contribution in [0.1, 0.15) is 19.4 Å². The number of nitrogens with zero attached hydrogens (tertiary/aromatic N) is 1. The summed E-state index contributed by atoms with van der Waals surface area (Å²) in [6.45, 7) is 5.22. The predicted molar refractivity (Wildman–Crippen MR) is 121 cm³/mol. The van der Waals surface area contributed by atoms with Crippen molar-refractivity contribution in [2.24, 2.45) is 0 Å². The molecule has 1 unspecified atom stereocenters. The molecule has 1 spiro atoms. The summed E-state index contributed by atoms with van der Waals surface area (Å²) in [6.07, 6.45) is 0. The SMILES string of the molecule is CN1c2ccccc2C(C)(C)C12COc1c(c3ccccc3c3ccccc13)N2. The van der Waals surface area contributed by atoms with E-state index in [2.05, 4.69) is 104 Å². The Balaban J connectivity index is 1.64. The van der Waals surface area contributed by atoms with E-state index in [1.54, 1.807) is 0 Å². The normalized spacial score (nSPS) is 21.7. The van der Waals surface area contributed by atoms with E-state index in [1.807, 2.05) is 0 Å². The summed E-state index contributed by atoms with van der Waals surface area (Å²) < 4.78 is 6.62. The van der Waals surface area contributed by atoms with Crippen LogP contribution in [0.4, 0.5) is 11.4 Å². The maximum absolute atomic E-state index is 6.62. The van der Waals surface area contributed by atoms with E-state index in [4.69, 9.17) is 4.74 Å². The topological polar surface area (TPSA) is 24.5 Å². The molecule has 4 aromatic rings. The first-order valence-corrected chi connectivity index (χ1v) is 10.2. The van der Waals surface area contributed by atoms with Gasteiger partial charge in [-0.1, -0.05) is 80.6 Å². The van der Waals surface area contributed by atoms with Gasteiger partial charge < -0.3 is 15.0 Å². The maximum Gasteiger partial charge on any atom is 0.155 e. The third-order valence-corrected chi connectivity index (χ3v) is 7.19. The van der Waals surface area contributed by atoms with Gasteiger partial charge in [-0.05, 0) is 22.4 Å². The molecule has 0 aromatic heterocycles. The number of hydrogen-bond acceptors (Lipinski definition) is 3. The molecular formula is C26H24N2O. The summed E-state index contributed by atoms with van der Waals surface area (Å²) in [5, 5.41) is 8.86. The summed E-state index contributed by atoms with van der Waals surface area (Å²) in [4.78, 5) is 2.37. The van der Waals surface area contributed by atoms with Crippen molar-refractivity contribution in [3.05, 3.63) is 78.4 Å². The number of ether oxygens (including phenoxy) is 1. The van der Waals surface area contributed by atoms with Crippen molar-refractivity contribution in [3.8, 4) is 5.75 Å². The second-order valence-electron chi connectivity index (χ2n) is 8.77. The van der Waals surface area contributed by atoms with Gasteiger partial charge in [-0.15, -0.1) is 0 Å². The monoisotopic (exact) mass is 380 g/mol. The lowest BCUT2D eigenvalue weighted by Gasteiger charge is -2.50. The van der Waals surface area contributed by atoms with Gasteiger partial charge >= 0.3 is 0 Å². The van der Waals surface area contributed by atoms with E-state index >= 15 is 0 Å². The van der Waals surface area contributed by atoms with Crippen molar-refractivity contribution >= 4 is 32.9 Å². The van der Waals surface area contributed by atoms with Crippen LogP contribution in [0.15, 0.2) is 72.8 Å². The third kappa shape index (κ3) is 1.93. The van der Waals surface area contributed by atoms with Gasteiger partial charge in [0.05, 0.1) is 5.69 Å². The van der Waals surface area contributed by atoms with Crippen LogP contribution in [0.25, 0.3) is 21.5 Å². The molecule has 0 amide bonds. The lowest BCUT2D eigenvalue weighted by atomic mass is 9.75. The lowest BCUT2D eigenvalue weighted by Crippen LogP contribution is -2.65. The molecule has 2 aliphatic rings. The Bertz CT molecular complexity index is 1290. The number of nitrogens with one attached hydrogen (secondary N) is 1. The average molecular weight is 380 g/mol. The molecule has 3 heteroatoms. The standard InChI is InChI=1S/C26H24N2O/c1-25(2)21-14-8-9-15-22(21)28(3)26(25)16-29-24-20-13-7-5-11-18(20)17-10-4-6-12-19(17)23(24)27-26/h4-15,27H,16H2,1-3H3. The Hall–Kier alpha value is -3.20. The highest BCUT2D eigenvalue weighted by atomic mass is 16.5. The Kier molecular flexibility index (Phi) is 3.14. The fourth-order valence-corrected chi connectivity index (χ4v) is 5.46. The molecule has 144 valence electrons. The minimum atomic E-state index is -0.352. The van der Waals surface area contributed by atoms with Crippen LogP contribution >= 0.6 is 0 Å². The molecular weight excluding hydrogens is 356 g/mol. The molecule has 0 radical (unpaired) electrons. The molecule has 3 nitrogen and oxygen atoms in total. The minimum Gasteiger partial charge on any atom is -0.486 e. The van der Waals surface area contributed by atoms with E-state index < -0.39 is 0 Å². The van der Waals surface area contributed by atoms with Gasteiger partial charge in [0.15, 0.2) is 11.4 Å². The van der Waals surface area contributed by atoms with Gasteiger partial charge in [-0.3, -0.25) is 0 Å². The third-order valence-electron chi connectivity index (χ3n) is 7.19. The van der Waals surface area contributed by atoms with Gasteiger partial charge in [0, 0.05) is 28.9 Å². The summed E-state index contributed by atoms with van der Waals surface area (Å²) >= 11 is 0. The van der Waals surface area contributed by atoms with E-state index in [0.717, 1.165) is 11.4 Å². The van der Waals surface area contributed by atoms with Crippen LogP contribution in [0.5, 0.6) is 5.75 Å². The molecule has 0 saturated carbocycles. The van der Waals surface area contributed by atoms with Crippen molar-refractivity contribution in [1.29, 1.82) is 0 Å². The second-order valence-corrected chi connectivity index (χ2v) is 8.77. The first-order valence-electron chi connectivity index (χ1n) is 10.2. The van der Waals surface area contributed by atoms with Crippen molar-refractivity contribution in [1.82, 2.24) is 0 Å². The van der Waals surface area contributed by atoms with Crippen LogP contribution in [0.2, 0.25) is 0 Å². The zero-order valence-corrected chi connectivity index (χ0v) is 17.0. The van der Waals surface area contributed by atoms with Crippen molar-refractivity contribution in [2.75, 3.05) is 23.9 Å². The van der Waals surface area contributed by atoms with Crippen molar-refractivity contribution in [2.45, 2.75) is 24.9 Å². The van der Waals surface area contributed by atoms with Gasteiger partial charge in [0.1, 0.15) is 6.61 Å². The number of likely N-dealkylation sites (N-methyl/N-ethyl adjacent to an activating group) is 1. The predicted octanol–water partition coefficient (Wildman–Crippen LogP) is 5.92. The van der Waals surface area contributed by atoms with Gasteiger partial charge in [0.25, 0.3) is 0 Å². The smallest absolute Gasteiger partial charge is 0.155 e. The number of hydrogen-bond donors (Lipinski definition) is 1.